The second-order valence-corrected chi connectivity index (χ2v) is 7.35. The average Bonchev–Trinajstić information content (AvgIpc) is 3.22. The lowest BCUT2D eigenvalue weighted by molar-refractivity contribution is -0.151. The molecular formula is C23H25ClN4O3. The van der Waals surface area contributed by atoms with Gasteiger partial charge in [-0.1, -0.05) is 35.9 Å². The Balaban J connectivity index is 1.78. The van der Waals surface area contributed by atoms with Crippen LogP contribution >= 0.6 is 11.6 Å². The normalized spacial score (nSPS) is 11.7. The number of hydrogen-bond acceptors (Lipinski definition) is 5. The number of halogens is 1. The number of nitrogens with zero attached hydrogens (tertiary/aromatic N) is 4. The van der Waals surface area contributed by atoms with Crippen LogP contribution in [-0.2, 0) is 27.3 Å². The Bertz CT molecular complexity index is 1010. The molecule has 2 heterocycles. The summed E-state index contributed by atoms with van der Waals surface area (Å²) in [4.78, 5) is 31.6. The zero-order valence-corrected chi connectivity index (χ0v) is 18.3. The molecule has 8 heteroatoms. The van der Waals surface area contributed by atoms with E-state index in [2.05, 4.69) is 10.1 Å². The SMILES string of the molecule is CCOC(=O)C(Cc1cnn(Cc2ccc(Cl)nc2)c1)C(=O)N(CC)c1ccccc1. The minimum atomic E-state index is -0.949. The third-order valence-electron chi connectivity index (χ3n) is 4.78. The second kappa shape index (κ2) is 10.7. The molecule has 7 nitrogen and oxygen atoms in total. The quantitative estimate of drug-likeness (QED) is 0.287. The molecule has 0 radical (unpaired) electrons. The van der Waals surface area contributed by atoms with Gasteiger partial charge in [-0.05, 0) is 49.6 Å². The van der Waals surface area contributed by atoms with Crippen LogP contribution in [0.3, 0.4) is 0 Å². The van der Waals surface area contributed by atoms with E-state index in [-0.39, 0.29) is 18.9 Å². The van der Waals surface area contributed by atoms with E-state index in [1.54, 1.807) is 35.0 Å². The van der Waals surface area contributed by atoms with E-state index in [0.29, 0.717) is 18.2 Å². The Hall–Kier alpha value is -3.19. The van der Waals surface area contributed by atoms with Crippen molar-refractivity contribution < 1.29 is 14.3 Å². The number of pyridine rings is 1. The van der Waals surface area contributed by atoms with Crippen molar-refractivity contribution in [1.82, 2.24) is 14.8 Å². The molecule has 0 aliphatic heterocycles. The number of carbonyl (C=O) groups is 2. The lowest BCUT2D eigenvalue weighted by atomic mass is 9.99. The third-order valence-corrected chi connectivity index (χ3v) is 5.00. The Kier molecular flexibility index (Phi) is 7.78. The fraction of sp³-hybridized carbons (Fsp3) is 0.304. The molecule has 1 unspecified atom stereocenters. The lowest BCUT2D eigenvalue weighted by Crippen LogP contribution is -2.41. The molecule has 0 saturated heterocycles. The standard InChI is InChI=1S/C23H25ClN4O3/c1-3-28(19-8-6-5-7-9-19)22(29)20(23(30)31-4-2)12-18-14-26-27(16-18)15-17-10-11-21(24)25-13-17/h5-11,13-14,16,20H,3-4,12,15H2,1-2H3. The van der Waals surface area contributed by atoms with Crippen LogP contribution in [0, 0.1) is 5.92 Å². The van der Waals surface area contributed by atoms with Crippen LogP contribution in [0.25, 0.3) is 0 Å². The van der Waals surface area contributed by atoms with Crippen LogP contribution in [0.15, 0.2) is 61.1 Å². The zero-order valence-electron chi connectivity index (χ0n) is 17.6. The molecule has 162 valence electrons. The molecule has 2 aromatic heterocycles. The van der Waals surface area contributed by atoms with Crippen LogP contribution in [0.4, 0.5) is 5.69 Å². The molecule has 0 fully saturated rings. The van der Waals surface area contributed by atoms with E-state index < -0.39 is 11.9 Å². The van der Waals surface area contributed by atoms with E-state index >= 15 is 0 Å². The Labute approximate surface area is 186 Å². The number of amides is 1. The minimum Gasteiger partial charge on any atom is -0.465 e. The summed E-state index contributed by atoms with van der Waals surface area (Å²) in [6.07, 6.45) is 5.39. The summed E-state index contributed by atoms with van der Waals surface area (Å²) < 4.78 is 6.94. The van der Waals surface area contributed by atoms with Gasteiger partial charge >= 0.3 is 5.97 Å². The molecule has 0 aliphatic carbocycles. The van der Waals surface area contributed by atoms with Gasteiger partial charge in [-0.3, -0.25) is 14.3 Å². The average molecular weight is 441 g/mol. The van der Waals surface area contributed by atoms with Crippen molar-refractivity contribution in [3.8, 4) is 0 Å². The van der Waals surface area contributed by atoms with Crippen molar-refractivity contribution in [3.05, 3.63) is 77.3 Å². The van der Waals surface area contributed by atoms with Crippen molar-refractivity contribution >= 4 is 29.2 Å². The summed E-state index contributed by atoms with van der Waals surface area (Å²) in [6, 6.07) is 12.9. The number of rotatable bonds is 9. The summed E-state index contributed by atoms with van der Waals surface area (Å²) in [7, 11) is 0. The van der Waals surface area contributed by atoms with E-state index in [4.69, 9.17) is 16.3 Å². The van der Waals surface area contributed by atoms with E-state index in [1.165, 1.54) is 0 Å². The van der Waals surface area contributed by atoms with Gasteiger partial charge in [0.05, 0.1) is 19.3 Å². The first-order valence-electron chi connectivity index (χ1n) is 10.2. The number of esters is 1. The van der Waals surface area contributed by atoms with Gasteiger partial charge in [0.1, 0.15) is 11.1 Å². The number of benzene rings is 1. The van der Waals surface area contributed by atoms with Gasteiger partial charge in [-0.25, -0.2) is 4.98 Å². The maximum atomic E-state index is 13.3. The predicted octanol–water partition coefficient (Wildman–Crippen LogP) is 3.75. The van der Waals surface area contributed by atoms with Gasteiger partial charge in [0.25, 0.3) is 0 Å². The number of ether oxygens (including phenoxy) is 1. The maximum absolute atomic E-state index is 13.3. The van der Waals surface area contributed by atoms with Crippen molar-refractivity contribution in [2.24, 2.45) is 5.92 Å². The smallest absolute Gasteiger partial charge is 0.318 e. The number of hydrogen-bond donors (Lipinski definition) is 0. The fourth-order valence-electron chi connectivity index (χ4n) is 3.30. The van der Waals surface area contributed by atoms with E-state index in [9.17, 15) is 9.59 Å². The first-order chi connectivity index (χ1) is 15.0. The Morgan fingerprint density at radius 1 is 1.10 bits per heavy atom. The van der Waals surface area contributed by atoms with Crippen LogP contribution in [0.5, 0.6) is 0 Å². The molecule has 0 saturated carbocycles. The third kappa shape index (κ3) is 5.92. The molecule has 0 spiro atoms. The molecule has 0 N–H and O–H groups in total. The summed E-state index contributed by atoms with van der Waals surface area (Å²) in [5, 5.41) is 4.78. The van der Waals surface area contributed by atoms with Gasteiger partial charge in [0.2, 0.25) is 5.91 Å². The highest BCUT2D eigenvalue weighted by molar-refractivity contribution is 6.29. The number of anilines is 1. The van der Waals surface area contributed by atoms with E-state index in [1.807, 2.05) is 49.5 Å². The summed E-state index contributed by atoms with van der Waals surface area (Å²) in [5.41, 5.74) is 2.46. The Morgan fingerprint density at radius 2 is 1.87 bits per heavy atom. The Morgan fingerprint density at radius 3 is 2.52 bits per heavy atom. The van der Waals surface area contributed by atoms with E-state index in [0.717, 1.165) is 16.8 Å². The summed E-state index contributed by atoms with van der Waals surface area (Å²) >= 11 is 5.83. The number of para-hydroxylation sites is 1. The highest BCUT2D eigenvalue weighted by Gasteiger charge is 2.32. The van der Waals surface area contributed by atoms with Gasteiger partial charge in [-0.15, -0.1) is 0 Å². The fourth-order valence-corrected chi connectivity index (χ4v) is 3.41. The minimum absolute atomic E-state index is 0.208. The predicted molar refractivity (Wildman–Crippen MR) is 119 cm³/mol. The molecule has 0 bridgehead atoms. The molecule has 31 heavy (non-hydrogen) atoms. The molecule has 1 aromatic carbocycles. The molecule has 3 aromatic rings. The number of aromatic nitrogens is 3. The van der Waals surface area contributed by atoms with Gasteiger partial charge < -0.3 is 9.64 Å². The maximum Gasteiger partial charge on any atom is 0.318 e. The first kappa shape index (κ1) is 22.5. The largest absolute Gasteiger partial charge is 0.465 e. The van der Waals surface area contributed by atoms with Crippen LogP contribution in [0.1, 0.15) is 25.0 Å². The van der Waals surface area contributed by atoms with Crippen LogP contribution < -0.4 is 4.90 Å². The molecule has 3 rings (SSSR count). The molecular weight excluding hydrogens is 416 g/mol. The number of carbonyl (C=O) groups excluding carboxylic acids is 2. The second-order valence-electron chi connectivity index (χ2n) is 6.96. The topological polar surface area (TPSA) is 77.3 Å². The van der Waals surface area contributed by atoms with Crippen LogP contribution in [0.2, 0.25) is 5.15 Å². The highest BCUT2D eigenvalue weighted by atomic mass is 35.5. The van der Waals surface area contributed by atoms with Crippen molar-refractivity contribution in [2.45, 2.75) is 26.8 Å². The van der Waals surface area contributed by atoms with Gasteiger partial charge in [0, 0.05) is 24.6 Å². The zero-order chi connectivity index (χ0) is 22.2. The van der Waals surface area contributed by atoms with Gasteiger partial charge in [0.15, 0.2) is 0 Å². The molecule has 0 aliphatic rings. The molecule has 1 amide bonds. The summed E-state index contributed by atoms with van der Waals surface area (Å²) in [6.45, 7) is 4.77. The summed E-state index contributed by atoms with van der Waals surface area (Å²) in [5.74, 6) is -1.77. The van der Waals surface area contributed by atoms with Gasteiger partial charge in [-0.2, -0.15) is 5.10 Å². The molecule has 1 atom stereocenters. The van der Waals surface area contributed by atoms with Crippen molar-refractivity contribution in [2.75, 3.05) is 18.1 Å². The van der Waals surface area contributed by atoms with Crippen molar-refractivity contribution in [1.29, 1.82) is 0 Å². The lowest BCUT2D eigenvalue weighted by Gasteiger charge is -2.25. The highest BCUT2D eigenvalue weighted by Crippen LogP contribution is 2.20. The first-order valence-corrected chi connectivity index (χ1v) is 10.5. The van der Waals surface area contributed by atoms with Crippen LogP contribution in [-0.4, -0.2) is 39.8 Å². The monoisotopic (exact) mass is 440 g/mol. The van der Waals surface area contributed by atoms with Crippen molar-refractivity contribution in [3.63, 3.8) is 0 Å².